The number of amides is 2. The molecule has 1 atom stereocenters. The van der Waals surface area contributed by atoms with E-state index < -0.39 is 23.3 Å². The molecule has 0 rings (SSSR count). The van der Waals surface area contributed by atoms with Gasteiger partial charge in [0.25, 0.3) is 0 Å². The van der Waals surface area contributed by atoms with Crippen molar-refractivity contribution in [1.29, 1.82) is 0 Å². The zero-order valence-electron chi connectivity index (χ0n) is 13.2. The topological polar surface area (TPSA) is 95.5 Å². The van der Waals surface area contributed by atoms with Crippen LogP contribution in [0.15, 0.2) is 0 Å². The molecule has 0 aromatic rings. The van der Waals surface area contributed by atoms with Gasteiger partial charge >= 0.3 is 5.97 Å². The molecule has 0 saturated heterocycles. The van der Waals surface area contributed by atoms with Crippen LogP contribution < -0.4 is 10.6 Å². The summed E-state index contributed by atoms with van der Waals surface area (Å²) in [7, 11) is 0. The normalized spacial score (nSPS) is 13.5. The Labute approximate surface area is 120 Å². The lowest BCUT2D eigenvalue weighted by Gasteiger charge is -2.24. The van der Waals surface area contributed by atoms with E-state index in [2.05, 4.69) is 10.6 Å². The van der Waals surface area contributed by atoms with E-state index in [-0.39, 0.29) is 17.9 Å². The number of carbonyl (C=O) groups excluding carboxylic acids is 2. The highest BCUT2D eigenvalue weighted by Crippen LogP contribution is 2.20. The molecule has 0 aliphatic rings. The molecule has 0 aromatic carbocycles. The van der Waals surface area contributed by atoms with Crippen LogP contribution in [-0.4, -0.2) is 35.5 Å². The van der Waals surface area contributed by atoms with E-state index in [4.69, 9.17) is 5.11 Å². The SMILES string of the molecule is CC(C)(C)CC(NC(=O)CNC(=O)C(C)(C)C)C(=O)O. The van der Waals surface area contributed by atoms with Gasteiger partial charge in [-0.05, 0) is 11.8 Å². The molecule has 0 fully saturated rings. The van der Waals surface area contributed by atoms with Gasteiger partial charge in [0.05, 0.1) is 6.54 Å². The number of hydrogen-bond donors (Lipinski definition) is 3. The fourth-order valence-corrected chi connectivity index (χ4v) is 1.48. The van der Waals surface area contributed by atoms with Gasteiger partial charge in [-0.2, -0.15) is 0 Å². The van der Waals surface area contributed by atoms with Gasteiger partial charge in [-0.3, -0.25) is 9.59 Å². The van der Waals surface area contributed by atoms with Gasteiger partial charge in [0, 0.05) is 5.41 Å². The standard InChI is InChI=1S/C14H26N2O4/c1-13(2,3)7-9(11(18)19)16-10(17)8-15-12(20)14(4,5)6/h9H,7-8H2,1-6H3,(H,15,20)(H,16,17)(H,18,19). The molecule has 0 aliphatic heterocycles. The van der Waals surface area contributed by atoms with Crippen molar-refractivity contribution in [3.8, 4) is 0 Å². The molecule has 3 N–H and O–H groups in total. The van der Waals surface area contributed by atoms with E-state index in [9.17, 15) is 14.4 Å². The Kier molecular flexibility index (Phi) is 6.19. The second-order valence-electron chi connectivity index (χ2n) is 7.16. The largest absolute Gasteiger partial charge is 0.480 e. The average Bonchev–Trinajstić information content (AvgIpc) is 2.21. The third kappa shape index (κ3) is 7.76. The molecule has 0 heterocycles. The van der Waals surface area contributed by atoms with Crippen molar-refractivity contribution < 1.29 is 19.5 Å². The average molecular weight is 286 g/mol. The Balaban J connectivity index is 4.42. The third-order valence-corrected chi connectivity index (χ3v) is 2.54. The molecule has 0 radical (unpaired) electrons. The van der Waals surface area contributed by atoms with Gasteiger partial charge in [0.1, 0.15) is 6.04 Å². The lowest BCUT2D eigenvalue weighted by Crippen LogP contribution is -2.48. The summed E-state index contributed by atoms with van der Waals surface area (Å²) in [6.45, 7) is 10.7. The summed E-state index contributed by atoms with van der Waals surface area (Å²) in [6.07, 6.45) is 0.321. The molecule has 0 aliphatic carbocycles. The van der Waals surface area contributed by atoms with Crippen LogP contribution >= 0.6 is 0 Å². The van der Waals surface area contributed by atoms with E-state index in [0.29, 0.717) is 6.42 Å². The summed E-state index contributed by atoms with van der Waals surface area (Å²) < 4.78 is 0. The number of carboxylic acid groups (broad SMARTS) is 1. The van der Waals surface area contributed by atoms with E-state index in [1.54, 1.807) is 20.8 Å². The number of aliphatic carboxylic acids is 1. The second kappa shape index (κ2) is 6.72. The Hall–Kier alpha value is -1.59. The van der Waals surface area contributed by atoms with Crippen LogP contribution in [0, 0.1) is 10.8 Å². The van der Waals surface area contributed by atoms with E-state index >= 15 is 0 Å². The van der Waals surface area contributed by atoms with E-state index in [0.717, 1.165) is 0 Å². The quantitative estimate of drug-likeness (QED) is 0.706. The lowest BCUT2D eigenvalue weighted by atomic mass is 9.88. The van der Waals surface area contributed by atoms with Crippen molar-refractivity contribution in [2.45, 2.75) is 54.0 Å². The Morgan fingerprint density at radius 2 is 1.55 bits per heavy atom. The summed E-state index contributed by atoms with van der Waals surface area (Å²) >= 11 is 0. The summed E-state index contributed by atoms with van der Waals surface area (Å²) in [5.41, 5.74) is -0.803. The Bertz CT molecular complexity index is 378. The number of hydrogen-bond acceptors (Lipinski definition) is 3. The van der Waals surface area contributed by atoms with E-state index in [1.165, 1.54) is 0 Å². The molecule has 0 aromatic heterocycles. The number of carboxylic acids is 1. The minimum atomic E-state index is -1.07. The Morgan fingerprint density at radius 3 is 1.90 bits per heavy atom. The highest BCUT2D eigenvalue weighted by molar-refractivity contribution is 5.89. The maximum absolute atomic E-state index is 11.7. The highest BCUT2D eigenvalue weighted by atomic mass is 16.4. The predicted octanol–water partition coefficient (Wildman–Crippen LogP) is 1.15. The number of nitrogens with one attached hydrogen (secondary N) is 2. The minimum absolute atomic E-state index is 0.217. The van der Waals surface area contributed by atoms with Crippen molar-refractivity contribution >= 4 is 17.8 Å². The number of carbonyl (C=O) groups is 3. The van der Waals surface area contributed by atoms with Crippen molar-refractivity contribution in [2.75, 3.05) is 6.54 Å². The lowest BCUT2D eigenvalue weighted by molar-refractivity contribution is -0.142. The summed E-state index contributed by atoms with van der Waals surface area (Å²) in [5.74, 6) is -1.83. The number of rotatable bonds is 5. The van der Waals surface area contributed by atoms with Crippen molar-refractivity contribution in [3.63, 3.8) is 0 Å². The molecular formula is C14H26N2O4. The van der Waals surface area contributed by atoms with Crippen LogP contribution in [0.5, 0.6) is 0 Å². The van der Waals surface area contributed by atoms with Gasteiger partial charge < -0.3 is 15.7 Å². The molecule has 1 unspecified atom stereocenters. The van der Waals surface area contributed by atoms with Gasteiger partial charge in [0.2, 0.25) is 11.8 Å². The molecular weight excluding hydrogens is 260 g/mol. The van der Waals surface area contributed by atoms with Gasteiger partial charge in [-0.1, -0.05) is 41.5 Å². The fourth-order valence-electron chi connectivity index (χ4n) is 1.48. The van der Waals surface area contributed by atoms with Gasteiger partial charge in [-0.25, -0.2) is 4.79 Å². The van der Waals surface area contributed by atoms with Crippen LogP contribution in [0.1, 0.15) is 48.0 Å². The van der Waals surface area contributed by atoms with Crippen molar-refractivity contribution in [1.82, 2.24) is 10.6 Å². The second-order valence-corrected chi connectivity index (χ2v) is 7.16. The fraction of sp³-hybridized carbons (Fsp3) is 0.786. The summed E-state index contributed by atoms with van der Waals surface area (Å²) in [4.78, 5) is 34.4. The molecule has 6 heteroatoms. The predicted molar refractivity (Wildman–Crippen MR) is 76.1 cm³/mol. The smallest absolute Gasteiger partial charge is 0.326 e. The van der Waals surface area contributed by atoms with Crippen molar-refractivity contribution in [2.24, 2.45) is 10.8 Å². The van der Waals surface area contributed by atoms with Crippen molar-refractivity contribution in [3.05, 3.63) is 0 Å². The first-order valence-corrected chi connectivity index (χ1v) is 6.63. The minimum Gasteiger partial charge on any atom is -0.480 e. The molecule has 0 saturated carbocycles. The summed E-state index contributed by atoms with van der Waals surface area (Å²) in [5, 5.41) is 14.0. The zero-order valence-corrected chi connectivity index (χ0v) is 13.2. The molecule has 2 amide bonds. The van der Waals surface area contributed by atoms with E-state index in [1.807, 2.05) is 20.8 Å². The van der Waals surface area contributed by atoms with Crippen LogP contribution in [-0.2, 0) is 14.4 Å². The van der Waals surface area contributed by atoms with Crippen LogP contribution in [0.3, 0.4) is 0 Å². The summed E-state index contributed by atoms with van der Waals surface area (Å²) in [6, 6.07) is -0.950. The highest BCUT2D eigenvalue weighted by Gasteiger charge is 2.27. The first-order valence-electron chi connectivity index (χ1n) is 6.63. The molecule has 116 valence electrons. The first kappa shape index (κ1) is 18.4. The first-order chi connectivity index (χ1) is 8.83. The molecule has 20 heavy (non-hydrogen) atoms. The van der Waals surface area contributed by atoms with Gasteiger partial charge in [-0.15, -0.1) is 0 Å². The van der Waals surface area contributed by atoms with Crippen LogP contribution in [0.2, 0.25) is 0 Å². The molecule has 0 spiro atoms. The van der Waals surface area contributed by atoms with Crippen LogP contribution in [0.25, 0.3) is 0 Å². The third-order valence-electron chi connectivity index (χ3n) is 2.54. The maximum Gasteiger partial charge on any atom is 0.326 e. The van der Waals surface area contributed by atoms with Crippen LogP contribution in [0.4, 0.5) is 0 Å². The Morgan fingerprint density at radius 1 is 1.05 bits per heavy atom. The zero-order chi connectivity index (χ0) is 16.1. The molecule has 6 nitrogen and oxygen atoms in total. The maximum atomic E-state index is 11.7. The van der Waals surface area contributed by atoms with Gasteiger partial charge in [0.15, 0.2) is 0 Å². The molecule has 0 bridgehead atoms. The monoisotopic (exact) mass is 286 g/mol.